The summed E-state index contributed by atoms with van der Waals surface area (Å²) in [5, 5.41) is 36.7. The number of phenols is 1. The lowest BCUT2D eigenvalue weighted by atomic mass is 10.0. The van der Waals surface area contributed by atoms with E-state index in [0.717, 1.165) is 32.7 Å². The molecule has 218 valence electrons. The molecule has 2 aliphatic heterocycles. The molecule has 0 saturated carbocycles. The van der Waals surface area contributed by atoms with Crippen LogP contribution in [0.4, 0.5) is 0 Å². The summed E-state index contributed by atoms with van der Waals surface area (Å²) in [5.74, 6) is -3.60. The van der Waals surface area contributed by atoms with Gasteiger partial charge in [0, 0.05) is 23.6 Å². The molecule has 12 nitrogen and oxygen atoms in total. The number of nitrogens with zero attached hydrogens (tertiary/aromatic N) is 1. The van der Waals surface area contributed by atoms with Crippen molar-refractivity contribution in [3.63, 3.8) is 0 Å². The third-order valence-corrected chi connectivity index (χ3v) is 9.19. The van der Waals surface area contributed by atoms with Gasteiger partial charge in [0.1, 0.15) is 29.9 Å². The Morgan fingerprint density at radius 2 is 1.56 bits per heavy atom. The molecule has 4 amide bonds. The SMILES string of the molecule is O=C(N[C@H]1CSSC[C@@H](C(=O)O)NC(=O)[C@@H]2CCCN2C(=O)[C@H](CO)NC1=O)c1ccc(-c2ccc(O)cc2)cc1. The van der Waals surface area contributed by atoms with E-state index in [4.69, 9.17) is 0 Å². The molecular weight excluding hydrogens is 572 g/mol. The van der Waals surface area contributed by atoms with Gasteiger partial charge in [0.05, 0.1) is 6.61 Å². The van der Waals surface area contributed by atoms with E-state index in [0.29, 0.717) is 12.8 Å². The summed E-state index contributed by atoms with van der Waals surface area (Å²) in [7, 11) is 2.25. The van der Waals surface area contributed by atoms with Crippen molar-refractivity contribution in [2.75, 3.05) is 24.7 Å². The van der Waals surface area contributed by atoms with Crippen molar-refractivity contribution in [3.05, 3.63) is 54.1 Å². The van der Waals surface area contributed by atoms with Gasteiger partial charge in [-0.25, -0.2) is 4.79 Å². The zero-order valence-electron chi connectivity index (χ0n) is 21.8. The number of fused-ring (bicyclic) bond motifs is 1. The number of phenolic OH excluding ortho intramolecular Hbond substituents is 1. The van der Waals surface area contributed by atoms with Crippen LogP contribution in [-0.4, -0.2) is 98.6 Å². The second-order valence-electron chi connectivity index (χ2n) is 9.55. The van der Waals surface area contributed by atoms with E-state index in [1.54, 1.807) is 48.5 Å². The zero-order chi connectivity index (χ0) is 29.5. The topological polar surface area (TPSA) is 185 Å². The van der Waals surface area contributed by atoms with Gasteiger partial charge in [0.15, 0.2) is 0 Å². The average Bonchev–Trinajstić information content (AvgIpc) is 3.46. The number of benzene rings is 2. The Morgan fingerprint density at radius 1 is 0.927 bits per heavy atom. The number of carboxylic acids is 1. The smallest absolute Gasteiger partial charge is 0.327 e. The number of aliphatic hydroxyl groups is 1. The van der Waals surface area contributed by atoms with E-state index in [1.807, 2.05) is 0 Å². The Labute approximate surface area is 243 Å². The predicted octanol–water partition coefficient (Wildman–Crippen LogP) is 0.590. The van der Waals surface area contributed by atoms with Crippen LogP contribution in [0.15, 0.2) is 48.5 Å². The second kappa shape index (κ2) is 13.7. The number of amides is 4. The van der Waals surface area contributed by atoms with Gasteiger partial charge in [-0.15, -0.1) is 0 Å². The molecule has 2 saturated heterocycles. The van der Waals surface area contributed by atoms with E-state index in [-0.39, 0.29) is 29.4 Å². The highest BCUT2D eigenvalue weighted by atomic mass is 33.1. The van der Waals surface area contributed by atoms with Gasteiger partial charge in [0.25, 0.3) is 5.91 Å². The molecule has 2 fully saturated rings. The lowest BCUT2D eigenvalue weighted by Gasteiger charge is -2.30. The van der Waals surface area contributed by atoms with Gasteiger partial charge in [0.2, 0.25) is 17.7 Å². The number of aromatic hydroxyl groups is 1. The lowest BCUT2D eigenvalue weighted by molar-refractivity contribution is -0.144. The van der Waals surface area contributed by atoms with Crippen LogP contribution in [0.3, 0.4) is 0 Å². The molecule has 0 unspecified atom stereocenters. The third kappa shape index (κ3) is 7.51. The van der Waals surface area contributed by atoms with Crippen molar-refractivity contribution in [2.24, 2.45) is 0 Å². The molecule has 0 radical (unpaired) electrons. The van der Waals surface area contributed by atoms with Crippen molar-refractivity contribution in [2.45, 2.75) is 37.0 Å². The molecule has 0 bridgehead atoms. The maximum atomic E-state index is 13.2. The van der Waals surface area contributed by atoms with Gasteiger partial charge in [-0.1, -0.05) is 45.9 Å². The maximum absolute atomic E-state index is 13.2. The Morgan fingerprint density at radius 3 is 2.20 bits per heavy atom. The van der Waals surface area contributed by atoms with E-state index in [1.165, 1.54) is 4.90 Å². The number of rotatable bonds is 5. The first-order valence-electron chi connectivity index (χ1n) is 12.9. The number of carbonyl (C=O) groups is 5. The van der Waals surface area contributed by atoms with Crippen LogP contribution in [0.5, 0.6) is 5.75 Å². The first kappa shape index (κ1) is 30.2. The van der Waals surface area contributed by atoms with Crippen LogP contribution < -0.4 is 16.0 Å². The zero-order valence-corrected chi connectivity index (χ0v) is 23.5. The number of carboxylic acid groups (broad SMARTS) is 1. The summed E-state index contributed by atoms with van der Waals surface area (Å²) < 4.78 is 0. The minimum absolute atomic E-state index is 0.00726. The molecule has 4 rings (SSSR count). The number of aliphatic carboxylic acids is 1. The fourth-order valence-electron chi connectivity index (χ4n) is 4.53. The highest BCUT2D eigenvalue weighted by Gasteiger charge is 2.39. The summed E-state index contributed by atoms with van der Waals surface area (Å²) in [5.41, 5.74) is 1.93. The standard InChI is InChI=1S/C27H30N4O8S2/c32-12-19-26(37)31-11-1-2-22(31)25(36)30-21(27(38)39)14-41-40-13-20(24(35)28-19)29-23(34)17-5-3-15(4-6-17)16-7-9-18(33)10-8-16/h3-10,19-22,32-33H,1-2,11-14H2,(H,28,35)(H,29,34)(H,30,36)(H,38,39)/t19-,20-,21-,22-/m0/s1. The Bertz CT molecular complexity index is 1290. The molecule has 14 heteroatoms. The fraction of sp³-hybridized carbons (Fsp3) is 0.370. The quantitative estimate of drug-likeness (QED) is 0.265. The van der Waals surface area contributed by atoms with Crippen LogP contribution in [-0.2, 0) is 19.2 Å². The summed E-state index contributed by atoms with van der Waals surface area (Å²) >= 11 is 0. The molecule has 2 aliphatic rings. The second-order valence-corrected chi connectivity index (χ2v) is 12.1. The van der Waals surface area contributed by atoms with Crippen LogP contribution >= 0.6 is 21.6 Å². The van der Waals surface area contributed by atoms with Crippen LogP contribution in [0.1, 0.15) is 23.2 Å². The van der Waals surface area contributed by atoms with Gasteiger partial charge in [-0.05, 0) is 48.2 Å². The summed E-state index contributed by atoms with van der Waals surface area (Å²) in [6.45, 7) is -0.514. The number of hydrogen-bond acceptors (Lipinski definition) is 9. The molecule has 0 aromatic heterocycles. The highest BCUT2D eigenvalue weighted by molar-refractivity contribution is 8.76. The van der Waals surface area contributed by atoms with Crippen LogP contribution in [0.2, 0.25) is 0 Å². The number of aliphatic hydroxyl groups excluding tert-OH is 1. The first-order chi connectivity index (χ1) is 19.7. The number of carbonyl (C=O) groups excluding carboxylic acids is 4. The summed E-state index contributed by atoms with van der Waals surface area (Å²) in [6, 6.07) is 8.62. The molecule has 0 spiro atoms. The Kier molecular flexibility index (Phi) is 10.1. The average molecular weight is 603 g/mol. The summed E-state index contributed by atoms with van der Waals surface area (Å²) in [6.07, 6.45) is 0.824. The molecular formula is C27H30N4O8S2. The molecule has 4 atom stereocenters. The van der Waals surface area contributed by atoms with Crippen LogP contribution in [0, 0.1) is 0 Å². The summed E-state index contributed by atoms with van der Waals surface area (Å²) in [4.78, 5) is 65.3. The first-order valence-corrected chi connectivity index (χ1v) is 15.4. The molecule has 6 N–H and O–H groups in total. The molecule has 2 aromatic rings. The van der Waals surface area contributed by atoms with Gasteiger partial charge in [-0.2, -0.15) is 0 Å². The van der Waals surface area contributed by atoms with Crippen molar-refractivity contribution >= 4 is 51.2 Å². The maximum Gasteiger partial charge on any atom is 0.327 e. The molecule has 2 aromatic carbocycles. The number of hydrogen-bond donors (Lipinski definition) is 6. The lowest BCUT2D eigenvalue weighted by Crippen LogP contribution is -2.59. The number of nitrogens with one attached hydrogen (secondary N) is 3. The van der Waals surface area contributed by atoms with E-state index in [9.17, 15) is 39.3 Å². The van der Waals surface area contributed by atoms with E-state index < -0.39 is 60.4 Å². The third-order valence-electron chi connectivity index (χ3n) is 6.77. The fourth-order valence-corrected chi connectivity index (χ4v) is 6.85. The minimum atomic E-state index is -1.35. The van der Waals surface area contributed by atoms with Gasteiger partial charge < -0.3 is 36.2 Å². The minimum Gasteiger partial charge on any atom is -0.508 e. The van der Waals surface area contributed by atoms with E-state index >= 15 is 0 Å². The van der Waals surface area contributed by atoms with Crippen LogP contribution in [0.25, 0.3) is 11.1 Å². The van der Waals surface area contributed by atoms with Gasteiger partial charge >= 0.3 is 5.97 Å². The molecule has 2 heterocycles. The van der Waals surface area contributed by atoms with Crippen molar-refractivity contribution in [3.8, 4) is 16.9 Å². The highest BCUT2D eigenvalue weighted by Crippen LogP contribution is 2.26. The Balaban J connectivity index is 1.51. The Hall–Kier alpha value is -3.75. The van der Waals surface area contributed by atoms with Crippen molar-refractivity contribution < 1.29 is 39.3 Å². The van der Waals surface area contributed by atoms with Crippen molar-refractivity contribution in [1.82, 2.24) is 20.9 Å². The monoisotopic (exact) mass is 602 g/mol. The van der Waals surface area contributed by atoms with Crippen molar-refractivity contribution in [1.29, 1.82) is 0 Å². The van der Waals surface area contributed by atoms with Gasteiger partial charge in [-0.3, -0.25) is 19.2 Å². The molecule has 41 heavy (non-hydrogen) atoms. The van der Waals surface area contributed by atoms with E-state index in [2.05, 4.69) is 16.0 Å². The predicted molar refractivity (Wildman–Crippen MR) is 153 cm³/mol. The molecule has 0 aliphatic carbocycles. The normalized spacial score (nSPS) is 24.0. The largest absolute Gasteiger partial charge is 0.508 e.